The number of quaternary nitrogens is 1. The number of ether oxygens (including phenoxy) is 1. The highest BCUT2D eigenvalue weighted by Crippen LogP contribution is 2.25. The lowest BCUT2D eigenvalue weighted by Gasteiger charge is -2.27. The topological polar surface area (TPSA) is 43.6 Å². The van der Waals surface area contributed by atoms with Crippen molar-refractivity contribution in [3.8, 4) is 10.6 Å². The van der Waals surface area contributed by atoms with E-state index in [-0.39, 0.29) is 11.9 Å². The molecule has 21 heavy (non-hydrogen) atoms. The summed E-state index contributed by atoms with van der Waals surface area (Å²) in [6.07, 6.45) is 1.84. The number of thiazole rings is 1. The number of aromatic nitrogens is 1. The first-order valence-corrected chi connectivity index (χ1v) is 8.97. The van der Waals surface area contributed by atoms with Crippen LogP contribution in [0.15, 0.2) is 22.2 Å². The van der Waals surface area contributed by atoms with Gasteiger partial charge < -0.3 is 9.64 Å². The van der Waals surface area contributed by atoms with Gasteiger partial charge in [-0.1, -0.05) is 0 Å². The van der Waals surface area contributed by atoms with E-state index in [4.69, 9.17) is 9.72 Å². The molecule has 0 aromatic carbocycles. The fourth-order valence-corrected chi connectivity index (χ4v) is 4.30. The molecule has 1 saturated heterocycles. The molecule has 4 nitrogen and oxygen atoms in total. The van der Waals surface area contributed by atoms with Crippen molar-refractivity contribution < 1.29 is 14.4 Å². The van der Waals surface area contributed by atoms with E-state index in [0.717, 1.165) is 43.2 Å². The lowest BCUT2D eigenvalue weighted by Crippen LogP contribution is -3.11. The number of carbonyl (C=O) groups excluding carboxylic acids is 1. The van der Waals surface area contributed by atoms with E-state index in [2.05, 4.69) is 22.2 Å². The van der Waals surface area contributed by atoms with Crippen molar-refractivity contribution in [1.82, 2.24) is 4.98 Å². The fourth-order valence-electron chi connectivity index (χ4n) is 2.77. The summed E-state index contributed by atoms with van der Waals surface area (Å²) in [6, 6.07) is 2.11. The molecule has 3 heterocycles. The van der Waals surface area contributed by atoms with Crippen molar-refractivity contribution in [3.63, 3.8) is 0 Å². The standard InChI is InChI=1S/C15H18N2O2S2/c1-19-15(18)11-2-5-17(6-3-11)8-13-10-21-14(16-13)12-4-7-20-9-12/h4,7,9-11H,2-3,5-6,8H2,1H3/p+1. The lowest BCUT2D eigenvalue weighted by molar-refractivity contribution is -0.919. The molecule has 112 valence electrons. The zero-order chi connectivity index (χ0) is 14.7. The van der Waals surface area contributed by atoms with Crippen LogP contribution in [-0.4, -0.2) is 31.2 Å². The molecule has 1 aliphatic heterocycles. The maximum atomic E-state index is 11.5. The summed E-state index contributed by atoms with van der Waals surface area (Å²) in [5, 5.41) is 7.48. The van der Waals surface area contributed by atoms with Gasteiger partial charge in [-0.3, -0.25) is 4.79 Å². The van der Waals surface area contributed by atoms with Gasteiger partial charge >= 0.3 is 5.97 Å². The summed E-state index contributed by atoms with van der Waals surface area (Å²) in [5.41, 5.74) is 2.38. The molecule has 0 amide bonds. The first-order chi connectivity index (χ1) is 10.3. The number of rotatable bonds is 4. The van der Waals surface area contributed by atoms with Crippen LogP contribution < -0.4 is 4.90 Å². The van der Waals surface area contributed by atoms with Crippen LogP contribution in [0.5, 0.6) is 0 Å². The summed E-state index contributed by atoms with van der Waals surface area (Å²) in [6.45, 7) is 2.99. The zero-order valence-corrected chi connectivity index (χ0v) is 13.6. The normalized spacial score (nSPS) is 22.1. The predicted molar refractivity (Wildman–Crippen MR) is 84.6 cm³/mol. The maximum Gasteiger partial charge on any atom is 0.309 e. The third-order valence-corrected chi connectivity index (χ3v) is 5.60. The third-order valence-electron chi connectivity index (χ3n) is 3.98. The van der Waals surface area contributed by atoms with Gasteiger partial charge in [0, 0.05) is 29.2 Å². The summed E-state index contributed by atoms with van der Waals surface area (Å²) in [4.78, 5) is 17.8. The van der Waals surface area contributed by atoms with Crippen LogP contribution in [0.2, 0.25) is 0 Å². The third kappa shape index (κ3) is 3.51. The summed E-state index contributed by atoms with van der Waals surface area (Å²) in [5.74, 6) is 0.0398. The number of nitrogens with one attached hydrogen (secondary N) is 1. The van der Waals surface area contributed by atoms with Gasteiger partial charge in [-0.2, -0.15) is 11.3 Å². The monoisotopic (exact) mass is 323 g/mol. The molecule has 0 unspecified atom stereocenters. The van der Waals surface area contributed by atoms with E-state index in [9.17, 15) is 4.79 Å². The molecular weight excluding hydrogens is 304 g/mol. The minimum atomic E-state index is -0.0533. The number of nitrogens with zero attached hydrogens (tertiary/aromatic N) is 1. The molecule has 0 saturated carbocycles. The number of esters is 1. The Morgan fingerprint density at radius 2 is 2.24 bits per heavy atom. The zero-order valence-electron chi connectivity index (χ0n) is 12.0. The minimum Gasteiger partial charge on any atom is -0.469 e. The molecule has 0 atom stereocenters. The van der Waals surface area contributed by atoms with Gasteiger partial charge in [0.15, 0.2) is 0 Å². The highest BCUT2D eigenvalue weighted by molar-refractivity contribution is 7.14. The summed E-state index contributed by atoms with van der Waals surface area (Å²) in [7, 11) is 1.48. The van der Waals surface area contributed by atoms with Gasteiger partial charge in [0.2, 0.25) is 0 Å². The van der Waals surface area contributed by atoms with E-state index in [1.165, 1.54) is 17.6 Å². The van der Waals surface area contributed by atoms with Crippen molar-refractivity contribution >= 4 is 28.6 Å². The Balaban J connectivity index is 1.55. The number of piperidine rings is 1. The van der Waals surface area contributed by atoms with E-state index in [1.54, 1.807) is 22.7 Å². The molecule has 0 bridgehead atoms. The average molecular weight is 323 g/mol. The summed E-state index contributed by atoms with van der Waals surface area (Å²) < 4.78 is 4.83. The minimum absolute atomic E-state index is 0.0533. The second kappa shape index (κ2) is 6.68. The number of hydrogen-bond acceptors (Lipinski definition) is 5. The fraction of sp³-hybridized carbons (Fsp3) is 0.467. The molecule has 2 aromatic heterocycles. The second-order valence-electron chi connectivity index (χ2n) is 5.38. The Kier molecular flexibility index (Phi) is 4.67. The molecule has 2 aromatic rings. The van der Waals surface area contributed by atoms with Gasteiger partial charge in [0.25, 0.3) is 0 Å². The van der Waals surface area contributed by atoms with E-state index >= 15 is 0 Å². The van der Waals surface area contributed by atoms with Crippen LogP contribution in [-0.2, 0) is 16.1 Å². The highest BCUT2D eigenvalue weighted by atomic mass is 32.1. The first kappa shape index (κ1) is 14.7. The molecule has 0 radical (unpaired) electrons. The quantitative estimate of drug-likeness (QED) is 0.873. The summed E-state index contributed by atoms with van der Waals surface area (Å²) >= 11 is 3.42. The predicted octanol–water partition coefficient (Wildman–Crippen LogP) is 1.84. The molecule has 0 spiro atoms. The molecule has 3 rings (SSSR count). The van der Waals surface area contributed by atoms with Crippen LogP contribution >= 0.6 is 22.7 Å². The number of carbonyl (C=O) groups is 1. The van der Waals surface area contributed by atoms with Crippen LogP contribution in [0.1, 0.15) is 18.5 Å². The number of hydrogen-bond donors (Lipinski definition) is 1. The van der Waals surface area contributed by atoms with E-state index in [1.807, 2.05) is 0 Å². The Bertz CT molecular complexity index is 587. The SMILES string of the molecule is COC(=O)C1CC[NH+](Cc2csc(-c3ccsc3)n2)CC1. The van der Waals surface area contributed by atoms with Gasteiger partial charge in [-0.15, -0.1) is 11.3 Å². The number of methoxy groups -OCH3 is 1. The molecule has 1 N–H and O–H groups in total. The van der Waals surface area contributed by atoms with Crippen molar-refractivity contribution in [2.24, 2.45) is 5.92 Å². The Morgan fingerprint density at radius 1 is 1.43 bits per heavy atom. The van der Waals surface area contributed by atoms with Gasteiger partial charge in [-0.05, 0) is 11.4 Å². The Morgan fingerprint density at radius 3 is 2.90 bits per heavy atom. The number of thiophene rings is 1. The average Bonchev–Trinajstić information content (AvgIpc) is 3.18. The molecule has 0 aliphatic carbocycles. The largest absolute Gasteiger partial charge is 0.469 e. The highest BCUT2D eigenvalue weighted by Gasteiger charge is 2.28. The number of likely N-dealkylation sites (tertiary alicyclic amines) is 1. The van der Waals surface area contributed by atoms with E-state index < -0.39 is 0 Å². The Labute approximate surface area is 132 Å². The first-order valence-electron chi connectivity index (χ1n) is 7.14. The van der Waals surface area contributed by atoms with Crippen molar-refractivity contribution in [3.05, 3.63) is 27.9 Å². The van der Waals surface area contributed by atoms with Crippen molar-refractivity contribution in [1.29, 1.82) is 0 Å². The molecular formula is C15H19N2O2S2+. The smallest absolute Gasteiger partial charge is 0.309 e. The maximum absolute atomic E-state index is 11.5. The van der Waals surface area contributed by atoms with Crippen LogP contribution in [0.3, 0.4) is 0 Å². The van der Waals surface area contributed by atoms with Gasteiger partial charge in [0.1, 0.15) is 17.2 Å². The van der Waals surface area contributed by atoms with Gasteiger partial charge in [0.05, 0.1) is 26.1 Å². The van der Waals surface area contributed by atoms with Crippen molar-refractivity contribution in [2.75, 3.05) is 20.2 Å². The van der Waals surface area contributed by atoms with Crippen molar-refractivity contribution in [2.45, 2.75) is 19.4 Å². The second-order valence-corrected chi connectivity index (χ2v) is 7.02. The Hall–Kier alpha value is -1.24. The molecule has 6 heteroatoms. The van der Waals surface area contributed by atoms with Crippen LogP contribution in [0.25, 0.3) is 10.6 Å². The van der Waals surface area contributed by atoms with E-state index in [0.29, 0.717) is 0 Å². The molecule has 1 fully saturated rings. The van der Waals surface area contributed by atoms with Gasteiger partial charge in [-0.25, -0.2) is 4.98 Å². The lowest BCUT2D eigenvalue weighted by atomic mass is 9.97. The molecule has 1 aliphatic rings. The van der Waals surface area contributed by atoms with Crippen LogP contribution in [0, 0.1) is 5.92 Å². The van der Waals surface area contributed by atoms with Crippen LogP contribution in [0.4, 0.5) is 0 Å².